The molecule has 1 fully saturated rings. The summed E-state index contributed by atoms with van der Waals surface area (Å²) in [5.41, 5.74) is 0.359. The van der Waals surface area contributed by atoms with Crippen LogP contribution in [0.3, 0.4) is 0 Å². The molecule has 2 rings (SSSR count). The van der Waals surface area contributed by atoms with Crippen molar-refractivity contribution < 1.29 is 5.11 Å². The maximum absolute atomic E-state index is 9.90. The number of aliphatic hydroxyl groups is 1. The van der Waals surface area contributed by atoms with Crippen LogP contribution in [-0.4, -0.2) is 57.8 Å². The number of β-amino-alcohol motifs (C(OH)–C–C–N with tert-alkyl or cyclic N) is 1. The topological polar surface area (TPSA) is 52.5 Å². The van der Waals surface area contributed by atoms with Crippen LogP contribution in [0.25, 0.3) is 0 Å². The number of hydrogen-bond donors (Lipinski definition) is 1. The van der Waals surface area contributed by atoms with Crippen molar-refractivity contribution in [2.75, 3.05) is 31.1 Å². The molecular formula is C14H24N4O. The van der Waals surface area contributed by atoms with Gasteiger partial charge in [0.05, 0.1) is 5.60 Å². The summed E-state index contributed by atoms with van der Waals surface area (Å²) in [7, 11) is 0. The highest BCUT2D eigenvalue weighted by Gasteiger charge is 2.28. The van der Waals surface area contributed by atoms with E-state index in [1.54, 1.807) is 0 Å². The second-order valence-electron chi connectivity index (χ2n) is 6.09. The van der Waals surface area contributed by atoms with Crippen LogP contribution < -0.4 is 4.90 Å². The van der Waals surface area contributed by atoms with Crippen LogP contribution in [0.2, 0.25) is 0 Å². The Morgan fingerprint density at radius 3 is 2.74 bits per heavy atom. The number of nitrogens with zero attached hydrogens (tertiary/aromatic N) is 4. The zero-order chi connectivity index (χ0) is 14.0. The number of hydrogen-bond acceptors (Lipinski definition) is 5. The van der Waals surface area contributed by atoms with Gasteiger partial charge in [0, 0.05) is 44.1 Å². The lowest BCUT2D eigenvalue weighted by Crippen LogP contribution is -2.55. The first-order valence-corrected chi connectivity index (χ1v) is 6.86. The van der Waals surface area contributed by atoms with Crippen LogP contribution in [0.4, 0.5) is 5.95 Å². The fourth-order valence-corrected chi connectivity index (χ4v) is 2.60. The van der Waals surface area contributed by atoms with Gasteiger partial charge < -0.3 is 10.0 Å². The standard InChI is InChI=1S/C14H24N4O/c1-11-5-6-15-13(16-11)18-8-7-17(9-12(18)2)10-14(3,4)19/h5-6,12,19H,7-10H2,1-4H3. The molecule has 1 aliphatic rings. The number of aryl methyl sites for hydroxylation is 1. The Labute approximate surface area is 115 Å². The van der Waals surface area contributed by atoms with E-state index in [4.69, 9.17) is 0 Å². The van der Waals surface area contributed by atoms with E-state index in [1.165, 1.54) is 0 Å². The molecule has 0 radical (unpaired) electrons. The monoisotopic (exact) mass is 264 g/mol. The molecule has 1 unspecified atom stereocenters. The Morgan fingerprint density at radius 1 is 1.42 bits per heavy atom. The number of aromatic nitrogens is 2. The lowest BCUT2D eigenvalue weighted by atomic mass is 10.1. The second-order valence-corrected chi connectivity index (χ2v) is 6.09. The van der Waals surface area contributed by atoms with Gasteiger partial charge in [-0.2, -0.15) is 0 Å². The van der Waals surface area contributed by atoms with Crippen LogP contribution >= 0.6 is 0 Å². The minimum atomic E-state index is -0.637. The predicted octanol–water partition coefficient (Wildman–Crippen LogP) is 1.07. The van der Waals surface area contributed by atoms with E-state index >= 15 is 0 Å². The van der Waals surface area contributed by atoms with Crippen LogP contribution in [0.5, 0.6) is 0 Å². The molecule has 1 aliphatic heterocycles. The molecule has 5 nitrogen and oxygen atoms in total. The van der Waals surface area contributed by atoms with Gasteiger partial charge in [-0.05, 0) is 33.8 Å². The first-order valence-electron chi connectivity index (χ1n) is 6.86. The average molecular weight is 264 g/mol. The summed E-state index contributed by atoms with van der Waals surface area (Å²) in [6, 6.07) is 2.27. The Balaban J connectivity index is 2.01. The van der Waals surface area contributed by atoms with Crippen LogP contribution in [0, 0.1) is 6.92 Å². The molecular weight excluding hydrogens is 240 g/mol. The van der Waals surface area contributed by atoms with E-state index in [0.717, 1.165) is 31.3 Å². The minimum Gasteiger partial charge on any atom is -0.389 e. The minimum absolute atomic E-state index is 0.359. The normalized spacial score (nSPS) is 21.7. The molecule has 1 saturated heterocycles. The van der Waals surface area contributed by atoms with Crippen molar-refractivity contribution in [3.05, 3.63) is 18.0 Å². The summed E-state index contributed by atoms with van der Waals surface area (Å²) in [5, 5.41) is 9.90. The smallest absolute Gasteiger partial charge is 0.225 e. The highest BCUT2D eigenvalue weighted by molar-refractivity contribution is 5.32. The number of anilines is 1. The van der Waals surface area contributed by atoms with Gasteiger partial charge in [-0.1, -0.05) is 0 Å². The van der Waals surface area contributed by atoms with Crippen LogP contribution in [-0.2, 0) is 0 Å². The first kappa shape index (κ1) is 14.2. The van der Waals surface area contributed by atoms with Crippen molar-refractivity contribution in [3.8, 4) is 0 Å². The van der Waals surface area contributed by atoms with Crippen molar-refractivity contribution >= 4 is 5.95 Å². The summed E-state index contributed by atoms with van der Waals surface area (Å²) < 4.78 is 0. The quantitative estimate of drug-likeness (QED) is 0.885. The molecule has 0 aliphatic carbocycles. The molecule has 1 aromatic rings. The number of piperazine rings is 1. The molecule has 106 valence electrons. The van der Waals surface area contributed by atoms with Crippen molar-refractivity contribution in [2.45, 2.75) is 39.3 Å². The summed E-state index contributed by atoms with van der Waals surface area (Å²) in [5.74, 6) is 0.815. The van der Waals surface area contributed by atoms with Gasteiger partial charge in [0.2, 0.25) is 5.95 Å². The summed E-state index contributed by atoms with van der Waals surface area (Å²) in [6.45, 7) is 11.4. The van der Waals surface area contributed by atoms with Gasteiger partial charge >= 0.3 is 0 Å². The Bertz CT molecular complexity index is 430. The molecule has 0 bridgehead atoms. The Kier molecular flexibility index (Phi) is 4.06. The lowest BCUT2D eigenvalue weighted by molar-refractivity contribution is 0.0307. The Morgan fingerprint density at radius 2 is 2.16 bits per heavy atom. The van der Waals surface area contributed by atoms with Gasteiger partial charge in [-0.15, -0.1) is 0 Å². The highest BCUT2D eigenvalue weighted by atomic mass is 16.3. The maximum Gasteiger partial charge on any atom is 0.225 e. The van der Waals surface area contributed by atoms with Gasteiger partial charge in [-0.25, -0.2) is 9.97 Å². The van der Waals surface area contributed by atoms with Crippen LogP contribution in [0.15, 0.2) is 12.3 Å². The van der Waals surface area contributed by atoms with E-state index in [0.29, 0.717) is 12.6 Å². The number of rotatable bonds is 3. The van der Waals surface area contributed by atoms with Crippen LogP contribution in [0.1, 0.15) is 26.5 Å². The van der Waals surface area contributed by atoms with E-state index in [9.17, 15) is 5.11 Å². The molecule has 1 aromatic heterocycles. The van der Waals surface area contributed by atoms with Crippen molar-refractivity contribution in [1.29, 1.82) is 0 Å². The van der Waals surface area contributed by atoms with E-state index in [1.807, 2.05) is 33.0 Å². The molecule has 5 heteroatoms. The Hall–Kier alpha value is -1.20. The molecule has 0 saturated carbocycles. The predicted molar refractivity (Wildman–Crippen MR) is 76.3 cm³/mol. The summed E-state index contributed by atoms with van der Waals surface area (Å²) in [4.78, 5) is 13.4. The summed E-state index contributed by atoms with van der Waals surface area (Å²) in [6.07, 6.45) is 1.81. The molecule has 19 heavy (non-hydrogen) atoms. The van der Waals surface area contributed by atoms with Gasteiger partial charge in [0.15, 0.2) is 0 Å². The van der Waals surface area contributed by atoms with E-state index in [2.05, 4.69) is 26.7 Å². The molecule has 0 spiro atoms. The van der Waals surface area contributed by atoms with E-state index < -0.39 is 5.60 Å². The van der Waals surface area contributed by atoms with Crippen molar-refractivity contribution in [3.63, 3.8) is 0 Å². The molecule has 1 atom stereocenters. The zero-order valence-electron chi connectivity index (χ0n) is 12.3. The maximum atomic E-state index is 9.90. The third-order valence-corrected chi connectivity index (χ3v) is 3.36. The first-order chi connectivity index (χ1) is 8.85. The molecule has 0 aromatic carbocycles. The fourth-order valence-electron chi connectivity index (χ4n) is 2.60. The van der Waals surface area contributed by atoms with Gasteiger partial charge in [0.1, 0.15) is 0 Å². The SMILES string of the molecule is Cc1ccnc(N2CCN(CC(C)(C)O)CC2C)n1. The van der Waals surface area contributed by atoms with Gasteiger partial charge in [-0.3, -0.25) is 4.90 Å². The second kappa shape index (κ2) is 5.43. The average Bonchev–Trinajstić information content (AvgIpc) is 2.26. The lowest BCUT2D eigenvalue weighted by Gasteiger charge is -2.41. The summed E-state index contributed by atoms with van der Waals surface area (Å²) >= 11 is 0. The fraction of sp³-hybridized carbons (Fsp3) is 0.714. The highest BCUT2D eigenvalue weighted by Crippen LogP contribution is 2.17. The van der Waals surface area contributed by atoms with Gasteiger partial charge in [0.25, 0.3) is 0 Å². The largest absolute Gasteiger partial charge is 0.389 e. The molecule has 2 heterocycles. The zero-order valence-corrected chi connectivity index (χ0v) is 12.3. The third-order valence-electron chi connectivity index (χ3n) is 3.36. The van der Waals surface area contributed by atoms with E-state index in [-0.39, 0.29) is 0 Å². The third kappa shape index (κ3) is 3.88. The van der Waals surface area contributed by atoms with Crippen molar-refractivity contribution in [2.24, 2.45) is 0 Å². The molecule has 0 amide bonds. The molecule has 1 N–H and O–H groups in total. The van der Waals surface area contributed by atoms with Crippen molar-refractivity contribution in [1.82, 2.24) is 14.9 Å².